The lowest BCUT2D eigenvalue weighted by Crippen LogP contribution is -2.17. The fourth-order valence-corrected chi connectivity index (χ4v) is 1.80. The first-order chi connectivity index (χ1) is 7.18. The van der Waals surface area contributed by atoms with Gasteiger partial charge in [-0.1, -0.05) is 30.3 Å². The van der Waals surface area contributed by atoms with Crippen molar-refractivity contribution < 1.29 is 14.4 Å². The molecule has 15 heavy (non-hydrogen) atoms. The van der Waals surface area contributed by atoms with Crippen molar-refractivity contribution in [2.24, 2.45) is 5.92 Å². The van der Waals surface area contributed by atoms with Crippen LogP contribution in [0.15, 0.2) is 30.3 Å². The van der Waals surface area contributed by atoms with Crippen molar-refractivity contribution in [1.82, 2.24) is 0 Å². The van der Waals surface area contributed by atoms with E-state index in [1.165, 1.54) is 0 Å². The van der Waals surface area contributed by atoms with Crippen molar-refractivity contribution in [3.05, 3.63) is 35.9 Å². The van der Waals surface area contributed by atoms with Gasteiger partial charge >= 0.3 is 0 Å². The van der Waals surface area contributed by atoms with Crippen molar-refractivity contribution >= 4 is 17.3 Å². The predicted molar refractivity (Wildman–Crippen MR) is 53.3 cm³/mol. The van der Waals surface area contributed by atoms with E-state index < -0.39 is 23.3 Å². The maximum atomic E-state index is 11.3. The second-order valence-electron chi connectivity index (χ2n) is 3.71. The minimum absolute atomic E-state index is 0.0760. The van der Waals surface area contributed by atoms with E-state index in [4.69, 9.17) is 0 Å². The molecule has 0 aliphatic heterocycles. The Bertz CT molecular complexity index is 420. The van der Waals surface area contributed by atoms with Gasteiger partial charge in [-0.05, 0) is 12.0 Å². The summed E-state index contributed by atoms with van der Waals surface area (Å²) in [5.74, 6) is -2.33. The summed E-state index contributed by atoms with van der Waals surface area (Å²) in [6.45, 7) is 0. The van der Waals surface area contributed by atoms with Gasteiger partial charge in [-0.25, -0.2) is 0 Å². The van der Waals surface area contributed by atoms with Crippen LogP contribution in [0.2, 0.25) is 0 Å². The van der Waals surface area contributed by atoms with Crippen LogP contribution in [0.4, 0.5) is 0 Å². The molecule has 1 unspecified atom stereocenters. The number of carbonyl (C=O) groups excluding carboxylic acids is 3. The average Bonchev–Trinajstić information content (AvgIpc) is 2.48. The molecular formula is C12H10O3. The van der Waals surface area contributed by atoms with Gasteiger partial charge in [0.1, 0.15) is 0 Å². The number of rotatable bonds is 2. The summed E-state index contributed by atoms with van der Waals surface area (Å²) >= 11 is 0. The molecular weight excluding hydrogens is 192 g/mol. The Labute approximate surface area is 87.1 Å². The molecule has 0 amide bonds. The average molecular weight is 202 g/mol. The molecule has 3 heteroatoms. The number of benzene rings is 1. The normalized spacial score (nSPS) is 21.1. The molecule has 76 valence electrons. The number of Topliss-reactive ketones (excluding diaryl/α,β-unsaturated/α-hetero) is 3. The first kappa shape index (κ1) is 9.77. The van der Waals surface area contributed by atoms with Crippen molar-refractivity contribution in [3.8, 4) is 0 Å². The summed E-state index contributed by atoms with van der Waals surface area (Å²) < 4.78 is 0. The molecule has 1 atom stereocenters. The minimum Gasteiger partial charge on any atom is -0.290 e. The summed E-state index contributed by atoms with van der Waals surface area (Å²) in [5, 5.41) is 0. The second-order valence-corrected chi connectivity index (χ2v) is 3.71. The van der Waals surface area contributed by atoms with Gasteiger partial charge in [0.15, 0.2) is 0 Å². The van der Waals surface area contributed by atoms with Crippen LogP contribution >= 0.6 is 0 Å². The monoisotopic (exact) mass is 202 g/mol. The Balaban J connectivity index is 2.12. The van der Waals surface area contributed by atoms with Gasteiger partial charge in [0, 0.05) is 12.3 Å². The van der Waals surface area contributed by atoms with Gasteiger partial charge < -0.3 is 0 Å². The number of carbonyl (C=O) groups is 3. The highest BCUT2D eigenvalue weighted by molar-refractivity contribution is 6.67. The molecule has 3 nitrogen and oxygen atoms in total. The van der Waals surface area contributed by atoms with Crippen LogP contribution < -0.4 is 0 Å². The summed E-state index contributed by atoms with van der Waals surface area (Å²) in [5.41, 5.74) is 0.985. The molecule has 0 radical (unpaired) electrons. The number of ketones is 3. The van der Waals surface area contributed by atoms with Crippen LogP contribution in [0.25, 0.3) is 0 Å². The Morgan fingerprint density at radius 3 is 2.27 bits per heavy atom. The highest BCUT2D eigenvalue weighted by atomic mass is 16.2. The molecule has 1 aliphatic carbocycles. The summed E-state index contributed by atoms with van der Waals surface area (Å²) in [6.07, 6.45) is 0.559. The molecule has 2 rings (SSSR count). The molecule has 1 saturated carbocycles. The zero-order chi connectivity index (χ0) is 10.8. The van der Waals surface area contributed by atoms with Gasteiger partial charge in [0.25, 0.3) is 5.78 Å². The van der Waals surface area contributed by atoms with Crippen LogP contribution in [-0.4, -0.2) is 17.3 Å². The molecule has 1 aromatic carbocycles. The van der Waals surface area contributed by atoms with Crippen LogP contribution in [0.1, 0.15) is 12.0 Å². The zero-order valence-electron chi connectivity index (χ0n) is 8.10. The van der Waals surface area contributed by atoms with Crippen LogP contribution in [0.3, 0.4) is 0 Å². The Morgan fingerprint density at radius 1 is 1.07 bits per heavy atom. The summed E-state index contributed by atoms with van der Waals surface area (Å²) in [7, 11) is 0. The highest BCUT2D eigenvalue weighted by Crippen LogP contribution is 2.20. The molecule has 1 fully saturated rings. The zero-order valence-corrected chi connectivity index (χ0v) is 8.10. The third kappa shape index (κ3) is 1.86. The van der Waals surface area contributed by atoms with Crippen LogP contribution in [0.5, 0.6) is 0 Å². The topological polar surface area (TPSA) is 51.2 Å². The third-order valence-electron chi connectivity index (χ3n) is 2.60. The molecule has 1 aromatic rings. The van der Waals surface area contributed by atoms with Crippen molar-refractivity contribution in [2.45, 2.75) is 12.8 Å². The molecule has 1 aliphatic rings. The van der Waals surface area contributed by atoms with E-state index in [-0.39, 0.29) is 6.42 Å². The number of hydrogen-bond donors (Lipinski definition) is 0. The van der Waals surface area contributed by atoms with E-state index in [2.05, 4.69) is 0 Å². The van der Waals surface area contributed by atoms with Gasteiger partial charge in [-0.2, -0.15) is 0 Å². The van der Waals surface area contributed by atoms with E-state index >= 15 is 0 Å². The van der Waals surface area contributed by atoms with Crippen molar-refractivity contribution in [1.29, 1.82) is 0 Å². The largest absolute Gasteiger partial charge is 0.290 e. The Kier molecular flexibility index (Phi) is 2.46. The predicted octanol–water partition coefficient (Wildman–Crippen LogP) is 0.956. The molecule has 0 aromatic heterocycles. The second kappa shape index (κ2) is 3.77. The van der Waals surface area contributed by atoms with E-state index in [1.807, 2.05) is 30.3 Å². The maximum Gasteiger partial charge on any atom is 0.264 e. The fourth-order valence-electron chi connectivity index (χ4n) is 1.80. The summed E-state index contributed by atoms with van der Waals surface area (Å²) in [4.78, 5) is 33.4. The maximum absolute atomic E-state index is 11.3. The van der Waals surface area contributed by atoms with Gasteiger partial charge in [0.05, 0.1) is 0 Å². The van der Waals surface area contributed by atoms with Crippen LogP contribution in [0, 0.1) is 5.92 Å². The highest BCUT2D eigenvalue weighted by Gasteiger charge is 2.39. The van der Waals surface area contributed by atoms with Gasteiger partial charge in [0.2, 0.25) is 11.6 Å². The molecule has 0 N–H and O–H groups in total. The standard InChI is InChI=1S/C12H10O3/c13-10-7-9(11(14)12(10)15)6-8-4-2-1-3-5-8/h1-5,9H,6-7H2. The van der Waals surface area contributed by atoms with Gasteiger partial charge in [-0.15, -0.1) is 0 Å². The number of hydrogen-bond acceptors (Lipinski definition) is 3. The summed E-state index contributed by atoms with van der Waals surface area (Å²) in [6, 6.07) is 9.41. The van der Waals surface area contributed by atoms with E-state index in [9.17, 15) is 14.4 Å². The molecule has 0 heterocycles. The van der Waals surface area contributed by atoms with Gasteiger partial charge in [-0.3, -0.25) is 14.4 Å². The minimum atomic E-state index is -0.823. The van der Waals surface area contributed by atoms with Crippen LogP contribution in [-0.2, 0) is 20.8 Å². The fraction of sp³-hybridized carbons (Fsp3) is 0.250. The smallest absolute Gasteiger partial charge is 0.264 e. The van der Waals surface area contributed by atoms with E-state index in [1.54, 1.807) is 0 Å². The molecule has 0 spiro atoms. The quantitative estimate of drug-likeness (QED) is 0.671. The Morgan fingerprint density at radius 2 is 1.73 bits per heavy atom. The SMILES string of the molecule is O=C1CC(Cc2ccccc2)C(=O)C1=O. The third-order valence-corrected chi connectivity index (χ3v) is 2.60. The lowest BCUT2D eigenvalue weighted by Gasteiger charge is -2.04. The van der Waals surface area contributed by atoms with E-state index in [0.29, 0.717) is 6.42 Å². The lowest BCUT2D eigenvalue weighted by molar-refractivity contribution is -0.140. The first-order valence-corrected chi connectivity index (χ1v) is 4.84. The van der Waals surface area contributed by atoms with E-state index in [0.717, 1.165) is 5.56 Å². The van der Waals surface area contributed by atoms with Crippen molar-refractivity contribution in [2.75, 3.05) is 0 Å². The molecule has 0 saturated heterocycles. The lowest BCUT2D eigenvalue weighted by atomic mass is 9.97. The van der Waals surface area contributed by atoms with Crippen molar-refractivity contribution in [3.63, 3.8) is 0 Å². The Hall–Kier alpha value is -1.77. The first-order valence-electron chi connectivity index (χ1n) is 4.84. The molecule has 0 bridgehead atoms.